The van der Waals surface area contributed by atoms with Crippen LogP contribution in [0.4, 0.5) is 13.2 Å². The summed E-state index contributed by atoms with van der Waals surface area (Å²) < 4.78 is 39.2. The fourth-order valence-corrected chi connectivity index (χ4v) is 2.82. The molecule has 1 aliphatic heterocycles. The summed E-state index contributed by atoms with van der Waals surface area (Å²) in [7, 11) is 1.89. The monoisotopic (exact) mass is 326 g/mol. The van der Waals surface area contributed by atoms with Crippen LogP contribution in [-0.4, -0.2) is 37.0 Å². The van der Waals surface area contributed by atoms with Gasteiger partial charge in [0, 0.05) is 25.2 Å². The van der Waals surface area contributed by atoms with Crippen LogP contribution in [0.5, 0.6) is 0 Å². The molecule has 1 aromatic carbocycles. The largest absolute Gasteiger partial charge is 0.416 e. The number of benzene rings is 1. The molecular formula is C17H21F3N2O. The average Bonchev–Trinajstić information content (AvgIpc) is 2.54. The Bertz CT molecular complexity index is 588. The molecule has 0 bridgehead atoms. The van der Waals surface area contributed by atoms with E-state index < -0.39 is 11.7 Å². The molecule has 126 valence electrons. The van der Waals surface area contributed by atoms with E-state index in [2.05, 4.69) is 5.32 Å². The van der Waals surface area contributed by atoms with Gasteiger partial charge in [-0.2, -0.15) is 13.2 Å². The van der Waals surface area contributed by atoms with Gasteiger partial charge in [-0.3, -0.25) is 4.79 Å². The zero-order chi connectivity index (χ0) is 17.0. The van der Waals surface area contributed by atoms with Gasteiger partial charge in [-0.1, -0.05) is 18.2 Å². The minimum absolute atomic E-state index is 0.0541. The third kappa shape index (κ3) is 4.34. The molecule has 0 spiro atoms. The molecule has 1 fully saturated rings. The topological polar surface area (TPSA) is 32.3 Å². The predicted octanol–water partition coefficient (Wildman–Crippen LogP) is 3.32. The lowest BCUT2D eigenvalue weighted by Crippen LogP contribution is -2.43. The normalized spacial score (nSPS) is 17.4. The van der Waals surface area contributed by atoms with E-state index in [1.807, 2.05) is 7.05 Å². The molecular weight excluding hydrogens is 305 g/mol. The number of alkyl halides is 3. The minimum atomic E-state index is -4.43. The molecule has 3 nitrogen and oxygen atoms in total. The number of piperidine rings is 1. The van der Waals surface area contributed by atoms with Crippen LogP contribution in [0.15, 0.2) is 30.3 Å². The van der Waals surface area contributed by atoms with Gasteiger partial charge in [0.15, 0.2) is 0 Å². The number of halogens is 3. The van der Waals surface area contributed by atoms with Gasteiger partial charge in [0.2, 0.25) is 5.91 Å². The third-order valence-electron chi connectivity index (χ3n) is 4.21. The smallest absolute Gasteiger partial charge is 0.339 e. The van der Waals surface area contributed by atoms with Crippen LogP contribution in [0.25, 0.3) is 5.57 Å². The highest BCUT2D eigenvalue weighted by atomic mass is 19.4. The van der Waals surface area contributed by atoms with Crippen LogP contribution in [0.3, 0.4) is 0 Å². The summed E-state index contributed by atoms with van der Waals surface area (Å²) >= 11 is 0. The molecule has 2 rings (SSSR count). The van der Waals surface area contributed by atoms with E-state index in [1.54, 1.807) is 17.9 Å². The number of carbonyl (C=O) groups excluding carboxylic acids is 1. The Hall–Kier alpha value is -1.82. The molecule has 23 heavy (non-hydrogen) atoms. The zero-order valence-corrected chi connectivity index (χ0v) is 13.3. The van der Waals surface area contributed by atoms with Crippen molar-refractivity contribution in [2.45, 2.75) is 32.0 Å². The molecule has 0 saturated carbocycles. The number of nitrogens with zero attached hydrogens (tertiary/aromatic N) is 1. The number of hydrogen-bond donors (Lipinski definition) is 1. The molecule has 0 atom stereocenters. The molecule has 0 unspecified atom stereocenters. The first-order valence-electron chi connectivity index (χ1n) is 7.64. The highest BCUT2D eigenvalue weighted by molar-refractivity contribution is 5.95. The van der Waals surface area contributed by atoms with Gasteiger partial charge in [0.1, 0.15) is 0 Å². The van der Waals surface area contributed by atoms with Crippen LogP contribution in [-0.2, 0) is 11.0 Å². The lowest BCUT2D eigenvalue weighted by molar-refractivity contribution is -0.137. The van der Waals surface area contributed by atoms with Crippen molar-refractivity contribution in [1.82, 2.24) is 10.2 Å². The first-order chi connectivity index (χ1) is 10.8. The van der Waals surface area contributed by atoms with Crippen molar-refractivity contribution >= 4 is 11.5 Å². The quantitative estimate of drug-likeness (QED) is 0.864. The SMILES string of the molecule is CNC1CCN(C(=O)/C=C(\C)c2ccccc2C(F)(F)F)CC1. The van der Waals surface area contributed by atoms with Crippen molar-refractivity contribution in [2.75, 3.05) is 20.1 Å². The molecule has 1 saturated heterocycles. The van der Waals surface area contributed by atoms with E-state index in [4.69, 9.17) is 0 Å². The lowest BCUT2D eigenvalue weighted by atomic mass is 9.99. The Kier molecular flexibility index (Phi) is 5.46. The number of likely N-dealkylation sites (tertiary alicyclic amines) is 1. The van der Waals surface area contributed by atoms with Crippen molar-refractivity contribution in [3.8, 4) is 0 Å². The molecule has 0 radical (unpaired) electrons. The van der Waals surface area contributed by atoms with Crippen molar-refractivity contribution in [1.29, 1.82) is 0 Å². The van der Waals surface area contributed by atoms with Gasteiger partial charge in [-0.05, 0) is 44.0 Å². The number of hydrogen-bond acceptors (Lipinski definition) is 2. The maximum atomic E-state index is 13.1. The number of allylic oxidation sites excluding steroid dienone is 1. The lowest BCUT2D eigenvalue weighted by Gasteiger charge is -2.31. The van der Waals surface area contributed by atoms with E-state index >= 15 is 0 Å². The van der Waals surface area contributed by atoms with E-state index in [0.717, 1.165) is 18.9 Å². The first kappa shape index (κ1) is 17.5. The second kappa shape index (κ2) is 7.17. The summed E-state index contributed by atoms with van der Waals surface area (Å²) in [6.45, 7) is 2.78. The standard InChI is InChI=1S/C17H21F3N2O/c1-12(14-5-3-4-6-15(14)17(18,19)20)11-16(23)22-9-7-13(21-2)8-10-22/h3-6,11,13,21H,7-10H2,1-2H3/b12-11+. The number of rotatable bonds is 3. The van der Waals surface area contributed by atoms with Crippen LogP contribution in [0.1, 0.15) is 30.9 Å². The Balaban J connectivity index is 2.16. The molecule has 1 aromatic rings. The Morgan fingerprint density at radius 2 is 1.87 bits per heavy atom. The maximum Gasteiger partial charge on any atom is 0.416 e. The second-order valence-corrected chi connectivity index (χ2v) is 5.76. The van der Waals surface area contributed by atoms with Crippen LogP contribution in [0, 0.1) is 0 Å². The zero-order valence-electron chi connectivity index (χ0n) is 13.3. The Morgan fingerprint density at radius 3 is 2.43 bits per heavy atom. The van der Waals surface area contributed by atoms with Gasteiger partial charge in [-0.15, -0.1) is 0 Å². The predicted molar refractivity (Wildman–Crippen MR) is 83.8 cm³/mol. The van der Waals surface area contributed by atoms with Crippen molar-refractivity contribution in [3.05, 3.63) is 41.5 Å². The minimum Gasteiger partial charge on any atom is -0.339 e. The highest BCUT2D eigenvalue weighted by Gasteiger charge is 2.33. The third-order valence-corrected chi connectivity index (χ3v) is 4.21. The molecule has 6 heteroatoms. The fraction of sp³-hybridized carbons (Fsp3) is 0.471. The first-order valence-corrected chi connectivity index (χ1v) is 7.64. The van der Waals surface area contributed by atoms with Gasteiger partial charge in [0.05, 0.1) is 5.56 Å². The Labute approximate surface area is 134 Å². The van der Waals surface area contributed by atoms with Crippen LogP contribution >= 0.6 is 0 Å². The second-order valence-electron chi connectivity index (χ2n) is 5.76. The van der Waals surface area contributed by atoms with Gasteiger partial charge in [0.25, 0.3) is 0 Å². The summed E-state index contributed by atoms with van der Waals surface area (Å²) in [6.07, 6.45) is -1.41. The summed E-state index contributed by atoms with van der Waals surface area (Å²) in [6, 6.07) is 5.73. The molecule has 0 aliphatic carbocycles. The summed E-state index contributed by atoms with van der Waals surface area (Å²) in [5.41, 5.74) is -0.326. The molecule has 1 amide bonds. The van der Waals surface area contributed by atoms with Crippen LogP contribution < -0.4 is 5.32 Å². The number of amides is 1. The van der Waals surface area contributed by atoms with Crippen LogP contribution in [0.2, 0.25) is 0 Å². The summed E-state index contributed by atoms with van der Waals surface area (Å²) in [5, 5.41) is 3.18. The highest BCUT2D eigenvalue weighted by Crippen LogP contribution is 2.34. The summed E-state index contributed by atoms with van der Waals surface area (Å²) in [5.74, 6) is -0.228. The van der Waals surface area contributed by atoms with Crippen molar-refractivity contribution in [3.63, 3.8) is 0 Å². The van der Waals surface area contributed by atoms with E-state index in [0.29, 0.717) is 24.7 Å². The van der Waals surface area contributed by atoms with Gasteiger partial charge >= 0.3 is 6.18 Å². The fourth-order valence-electron chi connectivity index (χ4n) is 2.82. The maximum absolute atomic E-state index is 13.1. The summed E-state index contributed by atoms with van der Waals surface area (Å²) in [4.78, 5) is 14.0. The van der Waals surface area contributed by atoms with E-state index in [9.17, 15) is 18.0 Å². The number of nitrogens with one attached hydrogen (secondary N) is 1. The average molecular weight is 326 g/mol. The van der Waals surface area contributed by atoms with E-state index in [1.165, 1.54) is 18.2 Å². The molecule has 1 heterocycles. The van der Waals surface area contributed by atoms with Crippen molar-refractivity contribution < 1.29 is 18.0 Å². The van der Waals surface area contributed by atoms with E-state index in [-0.39, 0.29) is 11.5 Å². The molecule has 0 aromatic heterocycles. The van der Waals surface area contributed by atoms with Gasteiger partial charge < -0.3 is 10.2 Å². The molecule has 1 aliphatic rings. The van der Waals surface area contributed by atoms with Gasteiger partial charge in [-0.25, -0.2) is 0 Å². The number of carbonyl (C=O) groups is 1. The molecule has 1 N–H and O–H groups in total. The van der Waals surface area contributed by atoms with Crippen molar-refractivity contribution in [2.24, 2.45) is 0 Å². The Morgan fingerprint density at radius 1 is 1.26 bits per heavy atom.